The summed E-state index contributed by atoms with van der Waals surface area (Å²) in [6.45, 7) is 2.27. The molecule has 0 aromatic carbocycles. The van der Waals surface area contributed by atoms with E-state index in [9.17, 15) is 4.79 Å². The van der Waals surface area contributed by atoms with Crippen molar-refractivity contribution < 1.29 is 14.4 Å². The number of hydrogen-bond acceptors (Lipinski definition) is 6. The SMILES string of the molecule is Cc1cc(CNc2nc(C(=O)O)cs2)on1. The van der Waals surface area contributed by atoms with Gasteiger partial charge in [-0.05, 0) is 6.92 Å². The number of carboxylic acid groups (broad SMARTS) is 1. The molecule has 2 aromatic heterocycles. The van der Waals surface area contributed by atoms with Gasteiger partial charge in [0.25, 0.3) is 0 Å². The van der Waals surface area contributed by atoms with Crippen molar-refractivity contribution in [3.05, 3.63) is 28.6 Å². The Morgan fingerprint density at radius 1 is 1.69 bits per heavy atom. The summed E-state index contributed by atoms with van der Waals surface area (Å²) in [7, 11) is 0. The molecule has 0 saturated carbocycles. The van der Waals surface area contributed by atoms with E-state index in [0.717, 1.165) is 5.69 Å². The summed E-state index contributed by atoms with van der Waals surface area (Å²) >= 11 is 1.24. The van der Waals surface area contributed by atoms with Crippen LogP contribution >= 0.6 is 11.3 Å². The van der Waals surface area contributed by atoms with E-state index in [-0.39, 0.29) is 5.69 Å². The maximum Gasteiger partial charge on any atom is 0.355 e. The maximum atomic E-state index is 10.6. The van der Waals surface area contributed by atoms with Gasteiger partial charge < -0.3 is 14.9 Å². The molecule has 0 aliphatic rings. The number of nitrogens with one attached hydrogen (secondary N) is 1. The quantitative estimate of drug-likeness (QED) is 0.845. The number of aryl methyl sites for hydroxylation is 1. The van der Waals surface area contributed by atoms with Crippen LogP contribution in [0.3, 0.4) is 0 Å². The van der Waals surface area contributed by atoms with Gasteiger partial charge in [-0.15, -0.1) is 11.3 Å². The molecule has 0 spiro atoms. The van der Waals surface area contributed by atoms with E-state index in [1.54, 1.807) is 6.07 Å². The lowest BCUT2D eigenvalue weighted by Crippen LogP contribution is -2.00. The molecule has 84 valence electrons. The van der Waals surface area contributed by atoms with Gasteiger partial charge in [0.1, 0.15) is 0 Å². The number of thiazole rings is 1. The van der Waals surface area contributed by atoms with Crippen molar-refractivity contribution in [2.75, 3.05) is 5.32 Å². The zero-order valence-electron chi connectivity index (χ0n) is 8.43. The molecule has 0 fully saturated rings. The number of anilines is 1. The zero-order chi connectivity index (χ0) is 11.5. The van der Waals surface area contributed by atoms with Crippen LogP contribution in [0.2, 0.25) is 0 Å². The van der Waals surface area contributed by atoms with Crippen LogP contribution in [-0.4, -0.2) is 21.2 Å². The van der Waals surface area contributed by atoms with Crippen molar-refractivity contribution in [1.29, 1.82) is 0 Å². The first-order chi connectivity index (χ1) is 7.65. The van der Waals surface area contributed by atoms with Gasteiger partial charge in [0.2, 0.25) is 0 Å². The van der Waals surface area contributed by atoms with E-state index >= 15 is 0 Å². The average Bonchev–Trinajstić information content (AvgIpc) is 2.83. The molecule has 0 radical (unpaired) electrons. The largest absolute Gasteiger partial charge is 0.476 e. The van der Waals surface area contributed by atoms with Crippen molar-refractivity contribution in [3.8, 4) is 0 Å². The lowest BCUT2D eigenvalue weighted by atomic mass is 10.4. The van der Waals surface area contributed by atoms with E-state index in [1.165, 1.54) is 16.7 Å². The fourth-order valence-electron chi connectivity index (χ4n) is 1.12. The van der Waals surface area contributed by atoms with E-state index in [4.69, 9.17) is 9.63 Å². The first-order valence-corrected chi connectivity index (χ1v) is 5.38. The fourth-order valence-corrected chi connectivity index (χ4v) is 1.80. The van der Waals surface area contributed by atoms with Gasteiger partial charge in [-0.2, -0.15) is 0 Å². The molecule has 6 nitrogen and oxygen atoms in total. The molecule has 2 aromatic rings. The van der Waals surface area contributed by atoms with Crippen molar-refractivity contribution in [2.45, 2.75) is 13.5 Å². The highest BCUT2D eigenvalue weighted by Crippen LogP contribution is 2.16. The number of aromatic nitrogens is 2. The minimum Gasteiger partial charge on any atom is -0.476 e. The van der Waals surface area contributed by atoms with Gasteiger partial charge in [0.05, 0.1) is 12.2 Å². The van der Waals surface area contributed by atoms with E-state index < -0.39 is 5.97 Å². The molecule has 0 saturated heterocycles. The van der Waals surface area contributed by atoms with Crippen LogP contribution in [0.25, 0.3) is 0 Å². The third-order valence-electron chi connectivity index (χ3n) is 1.81. The Kier molecular flexibility index (Phi) is 2.86. The van der Waals surface area contributed by atoms with Crippen LogP contribution in [0.5, 0.6) is 0 Å². The Morgan fingerprint density at radius 3 is 3.06 bits per heavy atom. The van der Waals surface area contributed by atoms with Crippen molar-refractivity contribution >= 4 is 22.4 Å². The van der Waals surface area contributed by atoms with Crippen LogP contribution in [0.15, 0.2) is 16.0 Å². The molecule has 16 heavy (non-hydrogen) atoms. The molecule has 0 aliphatic carbocycles. The summed E-state index contributed by atoms with van der Waals surface area (Å²) in [5.41, 5.74) is 0.850. The van der Waals surface area contributed by atoms with Crippen LogP contribution in [0.4, 0.5) is 5.13 Å². The third kappa shape index (κ3) is 2.37. The molecule has 0 bridgehead atoms. The van der Waals surface area contributed by atoms with Gasteiger partial charge in [0, 0.05) is 11.4 Å². The molecule has 0 atom stereocenters. The number of nitrogens with zero attached hydrogens (tertiary/aromatic N) is 2. The summed E-state index contributed by atoms with van der Waals surface area (Å²) in [6, 6.07) is 1.80. The number of aromatic carboxylic acids is 1. The Labute approximate surface area is 94.9 Å². The highest BCUT2D eigenvalue weighted by atomic mass is 32.1. The first-order valence-electron chi connectivity index (χ1n) is 4.50. The summed E-state index contributed by atoms with van der Waals surface area (Å²) in [4.78, 5) is 14.5. The molecular weight excluding hydrogens is 230 g/mol. The highest BCUT2D eigenvalue weighted by Gasteiger charge is 2.08. The molecule has 2 rings (SSSR count). The minimum absolute atomic E-state index is 0.0428. The highest BCUT2D eigenvalue weighted by molar-refractivity contribution is 7.13. The number of rotatable bonds is 4. The van der Waals surface area contributed by atoms with Crippen molar-refractivity contribution in [1.82, 2.24) is 10.1 Å². The second-order valence-corrected chi connectivity index (χ2v) is 3.99. The van der Waals surface area contributed by atoms with Gasteiger partial charge in [-0.1, -0.05) is 5.16 Å². The molecule has 0 aliphatic heterocycles. The average molecular weight is 239 g/mol. The molecular formula is C9H9N3O3S. The number of carbonyl (C=O) groups is 1. The van der Waals surface area contributed by atoms with Crippen molar-refractivity contribution in [2.24, 2.45) is 0 Å². The minimum atomic E-state index is -1.03. The number of hydrogen-bond donors (Lipinski definition) is 2. The van der Waals surface area contributed by atoms with Crippen LogP contribution in [0.1, 0.15) is 21.9 Å². The van der Waals surface area contributed by atoms with Gasteiger partial charge in [-0.3, -0.25) is 0 Å². The van der Waals surface area contributed by atoms with E-state index in [0.29, 0.717) is 17.4 Å². The zero-order valence-corrected chi connectivity index (χ0v) is 9.24. The summed E-state index contributed by atoms with van der Waals surface area (Å²) in [5.74, 6) is -0.343. The Morgan fingerprint density at radius 2 is 2.50 bits per heavy atom. The smallest absolute Gasteiger partial charge is 0.355 e. The predicted molar refractivity (Wildman–Crippen MR) is 57.6 cm³/mol. The monoisotopic (exact) mass is 239 g/mol. The third-order valence-corrected chi connectivity index (χ3v) is 2.61. The number of carboxylic acids is 1. The second kappa shape index (κ2) is 4.31. The lowest BCUT2D eigenvalue weighted by Gasteiger charge is -1.96. The van der Waals surface area contributed by atoms with E-state index in [1.807, 2.05) is 6.92 Å². The van der Waals surface area contributed by atoms with Gasteiger partial charge in [0.15, 0.2) is 16.6 Å². The van der Waals surface area contributed by atoms with E-state index in [2.05, 4.69) is 15.5 Å². The summed E-state index contributed by atoms with van der Waals surface area (Å²) in [5, 5.41) is 17.4. The Hall–Kier alpha value is -1.89. The van der Waals surface area contributed by atoms with Gasteiger partial charge in [-0.25, -0.2) is 9.78 Å². The Balaban J connectivity index is 1.97. The molecule has 2 heterocycles. The molecule has 7 heteroatoms. The van der Waals surface area contributed by atoms with Crippen LogP contribution in [-0.2, 0) is 6.54 Å². The topological polar surface area (TPSA) is 88.2 Å². The normalized spacial score (nSPS) is 10.3. The van der Waals surface area contributed by atoms with Crippen LogP contribution in [0, 0.1) is 6.92 Å². The van der Waals surface area contributed by atoms with Gasteiger partial charge >= 0.3 is 5.97 Å². The maximum absolute atomic E-state index is 10.6. The molecule has 2 N–H and O–H groups in total. The Bertz CT molecular complexity index is 506. The fraction of sp³-hybridized carbons (Fsp3) is 0.222. The standard InChI is InChI=1S/C9H9N3O3S/c1-5-2-6(15-12-5)3-10-9-11-7(4-16-9)8(13)14/h2,4H,3H2,1H3,(H,10,11)(H,13,14). The van der Waals surface area contributed by atoms with Crippen LogP contribution < -0.4 is 5.32 Å². The lowest BCUT2D eigenvalue weighted by molar-refractivity contribution is 0.0691. The first kappa shape index (κ1) is 10.6. The second-order valence-electron chi connectivity index (χ2n) is 3.13. The summed E-state index contributed by atoms with van der Waals surface area (Å²) in [6.07, 6.45) is 0. The predicted octanol–water partition coefficient (Wildman–Crippen LogP) is 1.75. The molecule has 0 amide bonds. The molecule has 0 unspecified atom stereocenters. The summed E-state index contributed by atoms with van der Waals surface area (Å²) < 4.78 is 4.99. The van der Waals surface area contributed by atoms with Crippen molar-refractivity contribution in [3.63, 3.8) is 0 Å².